The highest BCUT2D eigenvalue weighted by atomic mass is 16.3. The van der Waals surface area contributed by atoms with Crippen molar-refractivity contribution in [3.63, 3.8) is 0 Å². The highest BCUT2D eigenvalue weighted by Gasteiger charge is 2.24. The van der Waals surface area contributed by atoms with Crippen molar-refractivity contribution in [3.8, 4) is 45.9 Å². The summed E-state index contributed by atoms with van der Waals surface area (Å²) in [6, 6.07) is 62.2. The van der Waals surface area contributed by atoms with E-state index < -0.39 is 0 Å². The van der Waals surface area contributed by atoms with Gasteiger partial charge in [-0.25, -0.2) is 9.97 Å². The molecule has 0 saturated carbocycles. The van der Waals surface area contributed by atoms with Crippen LogP contribution in [-0.4, -0.2) is 29.1 Å². The Hall–Kier alpha value is -8.36. The number of nitrogens with zero attached hydrogens (tertiary/aromatic N) is 6. The lowest BCUT2D eigenvalue weighted by molar-refractivity contribution is 0.620. The Labute approximate surface area is 341 Å². The van der Waals surface area contributed by atoms with E-state index in [0.717, 1.165) is 99.0 Å². The van der Waals surface area contributed by atoms with Gasteiger partial charge in [-0.05, 0) is 54.6 Å². The second-order valence-electron chi connectivity index (χ2n) is 15.0. The van der Waals surface area contributed by atoms with Crippen LogP contribution in [0.15, 0.2) is 191 Å². The fourth-order valence-corrected chi connectivity index (χ4v) is 9.01. The maximum Gasteiger partial charge on any atom is 0.238 e. The normalized spacial score (nSPS) is 12.0. The molecule has 8 aromatic carbocycles. The van der Waals surface area contributed by atoms with Crippen molar-refractivity contribution < 1.29 is 8.83 Å². The Morgan fingerprint density at radius 1 is 0.383 bits per heavy atom. The highest BCUT2D eigenvalue weighted by Crippen LogP contribution is 2.43. The molecule has 5 aromatic heterocycles. The molecule has 0 aliphatic rings. The van der Waals surface area contributed by atoms with E-state index in [2.05, 4.69) is 106 Å². The van der Waals surface area contributed by atoms with Gasteiger partial charge in [-0.2, -0.15) is 9.97 Å². The molecule has 8 heteroatoms. The Balaban J connectivity index is 1.14. The van der Waals surface area contributed by atoms with Gasteiger partial charge >= 0.3 is 0 Å². The monoisotopic (exact) mass is 770 g/mol. The van der Waals surface area contributed by atoms with Gasteiger partial charge < -0.3 is 13.4 Å². The largest absolute Gasteiger partial charge is 0.456 e. The third-order valence-electron chi connectivity index (χ3n) is 11.6. The van der Waals surface area contributed by atoms with Crippen molar-refractivity contribution in [3.05, 3.63) is 182 Å². The van der Waals surface area contributed by atoms with Gasteiger partial charge in [0.05, 0.1) is 22.1 Å². The number of para-hydroxylation sites is 5. The standard InChI is InChI=1S/C52H30N6O2/c1-2-14-31(15-3-1)49-54-50(39-21-13-27-45-46(39)38-20-6-10-25-43(38)59-45)56-52(55-49)58-42-24-9-5-19-35(42)37-29-28-36-34-18-4-8-23-41(34)57(47(36)48(37)58)33-17-12-16-32(30-33)51-53-40-22-7-11-26-44(40)60-51/h1-30H. The summed E-state index contributed by atoms with van der Waals surface area (Å²) < 4.78 is 17.2. The summed E-state index contributed by atoms with van der Waals surface area (Å²) in [4.78, 5) is 20.8. The molecule has 0 bridgehead atoms. The molecule has 5 heterocycles. The third-order valence-corrected chi connectivity index (χ3v) is 11.6. The number of hydrogen-bond donors (Lipinski definition) is 0. The lowest BCUT2D eigenvalue weighted by Crippen LogP contribution is -2.07. The van der Waals surface area contributed by atoms with Crippen molar-refractivity contribution >= 4 is 76.6 Å². The van der Waals surface area contributed by atoms with E-state index in [9.17, 15) is 0 Å². The Bertz CT molecular complexity index is 3820. The maximum atomic E-state index is 6.34. The van der Waals surface area contributed by atoms with Crippen LogP contribution in [0.1, 0.15) is 0 Å². The second kappa shape index (κ2) is 12.6. The summed E-state index contributed by atoms with van der Waals surface area (Å²) in [6.07, 6.45) is 0. The van der Waals surface area contributed by atoms with Crippen LogP contribution in [0.3, 0.4) is 0 Å². The van der Waals surface area contributed by atoms with Crippen molar-refractivity contribution in [1.82, 2.24) is 29.1 Å². The first-order valence-electron chi connectivity index (χ1n) is 19.9. The zero-order valence-electron chi connectivity index (χ0n) is 31.8. The molecule has 13 rings (SSSR count). The van der Waals surface area contributed by atoms with Gasteiger partial charge in [-0.15, -0.1) is 0 Å². The molecule has 280 valence electrons. The van der Waals surface area contributed by atoms with Gasteiger partial charge in [-0.3, -0.25) is 4.57 Å². The fourth-order valence-electron chi connectivity index (χ4n) is 9.01. The minimum Gasteiger partial charge on any atom is -0.456 e. The van der Waals surface area contributed by atoms with Crippen molar-refractivity contribution in [1.29, 1.82) is 0 Å². The maximum absolute atomic E-state index is 6.34. The van der Waals surface area contributed by atoms with E-state index in [0.29, 0.717) is 23.5 Å². The number of hydrogen-bond acceptors (Lipinski definition) is 6. The lowest BCUT2D eigenvalue weighted by Gasteiger charge is -2.14. The van der Waals surface area contributed by atoms with E-state index in [1.54, 1.807) is 0 Å². The molecule has 0 spiro atoms. The quantitative estimate of drug-likeness (QED) is 0.173. The fraction of sp³-hybridized carbons (Fsp3) is 0. The van der Waals surface area contributed by atoms with E-state index in [4.69, 9.17) is 28.8 Å². The van der Waals surface area contributed by atoms with Crippen LogP contribution in [0.25, 0.3) is 123 Å². The molecule has 0 unspecified atom stereocenters. The molecule has 0 aliphatic carbocycles. The number of furan rings is 1. The Kier molecular flexibility index (Phi) is 6.85. The van der Waals surface area contributed by atoms with E-state index >= 15 is 0 Å². The first-order chi connectivity index (χ1) is 29.7. The summed E-state index contributed by atoms with van der Waals surface area (Å²) in [5, 5.41) is 6.41. The van der Waals surface area contributed by atoms with Crippen LogP contribution in [0.4, 0.5) is 0 Å². The summed E-state index contributed by atoms with van der Waals surface area (Å²) >= 11 is 0. The van der Waals surface area contributed by atoms with Crippen molar-refractivity contribution in [2.75, 3.05) is 0 Å². The van der Waals surface area contributed by atoms with Gasteiger partial charge in [0.25, 0.3) is 0 Å². The molecular weight excluding hydrogens is 741 g/mol. The molecule has 0 N–H and O–H groups in total. The Morgan fingerprint density at radius 2 is 1.00 bits per heavy atom. The van der Waals surface area contributed by atoms with E-state index in [-0.39, 0.29) is 0 Å². The molecule has 0 fully saturated rings. The first-order valence-corrected chi connectivity index (χ1v) is 19.9. The summed E-state index contributed by atoms with van der Waals surface area (Å²) in [5.74, 6) is 2.22. The van der Waals surface area contributed by atoms with Crippen LogP contribution >= 0.6 is 0 Å². The number of fused-ring (bicyclic) bond motifs is 11. The zero-order chi connectivity index (χ0) is 39.3. The predicted molar refractivity (Wildman–Crippen MR) is 240 cm³/mol. The van der Waals surface area contributed by atoms with Gasteiger partial charge in [0.1, 0.15) is 16.7 Å². The molecule has 0 aliphatic heterocycles. The topological polar surface area (TPSA) is 87.7 Å². The van der Waals surface area contributed by atoms with Crippen LogP contribution in [0.5, 0.6) is 0 Å². The van der Waals surface area contributed by atoms with Gasteiger partial charge in [-0.1, -0.05) is 127 Å². The number of rotatable bonds is 5. The molecular formula is C52H30N6O2. The molecule has 8 nitrogen and oxygen atoms in total. The third kappa shape index (κ3) is 4.79. The predicted octanol–water partition coefficient (Wildman–Crippen LogP) is 13.1. The van der Waals surface area contributed by atoms with E-state index in [1.807, 2.05) is 84.9 Å². The molecule has 0 amide bonds. The smallest absolute Gasteiger partial charge is 0.238 e. The molecule has 0 radical (unpaired) electrons. The van der Waals surface area contributed by atoms with Crippen LogP contribution in [0, 0.1) is 0 Å². The van der Waals surface area contributed by atoms with Crippen LogP contribution in [-0.2, 0) is 0 Å². The highest BCUT2D eigenvalue weighted by molar-refractivity contribution is 6.23. The lowest BCUT2D eigenvalue weighted by atomic mass is 10.1. The minimum absolute atomic E-state index is 0.513. The zero-order valence-corrected chi connectivity index (χ0v) is 31.8. The number of benzene rings is 8. The average molecular weight is 771 g/mol. The summed E-state index contributed by atoms with van der Waals surface area (Å²) in [5.41, 5.74) is 10.9. The second-order valence-corrected chi connectivity index (χ2v) is 15.0. The first kappa shape index (κ1) is 32.7. The van der Waals surface area contributed by atoms with Gasteiger partial charge in [0.2, 0.25) is 11.8 Å². The van der Waals surface area contributed by atoms with E-state index in [1.165, 1.54) is 0 Å². The van der Waals surface area contributed by atoms with Crippen LogP contribution < -0.4 is 0 Å². The van der Waals surface area contributed by atoms with Gasteiger partial charge in [0.15, 0.2) is 17.2 Å². The summed E-state index contributed by atoms with van der Waals surface area (Å²) in [6.45, 7) is 0. The summed E-state index contributed by atoms with van der Waals surface area (Å²) in [7, 11) is 0. The molecule has 0 saturated heterocycles. The number of aromatic nitrogens is 6. The number of oxazole rings is 1. The van der Waals surface area contributed by atoms with Crippen LogP contribution in [0.2, 0.25) is 0 Å². The molecule has 60 heavy (non-hydrogen) atoms. The molecule has 0 atom stereocenters. The average Bonchev–Trinajstić information content (AvgIpc) is 4.08. The van der Waals surface area contributed by atoms with Crippen molar-refractivity contribution in [2.24, 2.45) is 0 Å². The SMILES string of the molecule is c1ccc(-c2nc(-c3cccc4oc5ccccc5c34)nc(-n3c4ccccc4c4ccc5c6ccccc6n(-c6cccc(-c7nc8ccccc8o7)c6)c5c43)n2)cc1. The Morgan fingerprint density at radius 3 is 1.80 bits per heavy atom. The molecule has 13 aromatic rings. The minimum atomic E-state index is 0.513. The van der Waals surface area contributed by atoms with Gasteiger partial charge in [0, 0.05) is 54.7 Å². The van der Waals surface area contributed by atoms with Crippen molar-refractivity contribution in [2.45, 2.75) is 0 Å².